The molecule has 1 atom stereocenters. The number of rotatable bonds is 5. The van der Waals surface area contributed by atoms with Crippen LogP contribution in [-0.4, -0.2) is 35.8 Å². The topological polar surface area (TPSA) is 78.5 Å². The van der Waals surface area contributed by atoms with Crippen LogP contribution in [0.4, 0.5) is 4.79 Å². The SMILES string of the molecule is O=C(CN1C(=O)NC2(CCCCc3ccccc32)C1=O)NCCC1=CCCCC1. The van der Waals surface area contributed by atoms with Gasteiger partial charge in [-0.2, -0.15) is 0 Å². The fourth-order valence-electron chi connectivity index (χ4n) is 4.81. The van der Waals surface area contributed by atoms with Crippen LogP contribution in [0.3, 0.4) is 0 Å². The number of fused-ring (bicyclic) bond motifs is 2. The van der Waals surface area contributed by atoms with Crippen LogP contribution in [0.2, 0.25) is 0 Å². The molecular weight excluding hydrogens is 366 g/mol. The van der Waals surface area contributed by atoms with Crippen molar-refractivity contribution in [2.24, 2.45) is 0 Å². The van der Waals surface area contributed by atoms with Gasteiger partial charge in [-0.3, -0.25) is 14.5 Å². The van der Waals surface area contributed by atoms with E-state index >= 15 is 0 Å². The van der Waals surface area contributed by atoms with E-state index in [1.807, 2.05) is 24.3 Å². The molecule has 29 heavy (non-hydrogen) atoms. The van der Waals surface area contributed by atoms with E-state index in [1.165, 1.54) is 18.4 Å². The maximum atomic E-state index is 13.3. The minimum atomic E-state index is -1.03. The Balaban J connectivity index is 1.42. The van der Waals surface area contributed by atoms with Gasteiger partial charge in [-0.05, 0) is 68.9 Å². The zero-order chi connectivity index (χ0) is 20.3. The fraction of sp³-hybridized carbons (Fsp3) is 0.522. The molecule has 154 valence electrons. The third-order valence-corrected chi connectivity index (χ3v) is 6.36. The molecular formula is C23H29N3O3. The zero-order valence-corrected chi connectivity index (χ0v) is 16.8. The van der Waals surface area contributed by atoms with Gasteiger partial charge in [0.05, 0.1) is 0 Å². The Hall–Kier alpha value is -2.63. The summed E-state index contributed by atoms with van der Waals surface area (Å²) >= 11 is 0. The summed E-state index contributed by atoms with van der Waals surface area (Å²) in [6.07, 6.45) is 11.1. The molecule has 4 rings (SSSR count). The zero-order valence-electron chi connectivity index (χ0n) is 16.8. The monoisotopic (exact) mass is 395 g/mol. The quantitative estimate of drug-likeness (QED) is 0.594. The van der Waals surface area contributed by atoms with Gasteiger partial charge in [-0.1, -0.05) is 35.9 Å². The molecule has 3 aliphatic rings. The first-order valence-corrected chi connectivity index (χ1v) is 10.8. The summed E-state index contributed by atoms with van der Waals surface area (Å²) in [6.45, 7) is 0.315. The Labute approximate surface area is 171 Å². The van der Waals surface area contributed by atoms with Crippen molar-refractivity contribution in [3.63, 3.8) is 0 Å². The molecule has 4 amide bonds. The molecule has 1 aromatic rings. The van der Waals surface area contributed by atoms with Gasteiger partial charge in [-0.25, -0.2) is 4.79 Å². The van der Waals surface area contributed by atoms with Gasteiger partial charge >= 0.3 is 6.03 Å². The van der Waals surface area contributed by atoms with Crippen molar-refractivity contribution >= 4 is 17.8 Å². The van der Waals surface area contributed by atoms with E-state index < -0.39 is 11.6 Å². The van der Waals surface area contributed by atoms with Crippen molar-refractivity contribution in [3.05, 3.63) is 47.0 Å². The Morgan fingerprint density at radius 3 is 2.76 bits per heavy atom. The fourth-order valence-corrected chi connectivity index (χ4v) is 4.81. The van der Waals surface area contributed by atoms with E-state index in [4.69, 9.17) is 0 Å². The summed E-state index contributed by atoms with van der Waals surface area (Å²) in [5, 5.41) is 5.79. The van der Waals surface area contributed by atoms with Crippen LogP contribution in [-0.2, 0) is 21.5 Å². The number of hydrogen-bond donors (Lipinski definition) is 2. The minimum Gasteiger partial charge on any atom is -0.354 e. The van der Waals surface area contributed by atoms with E-state index in [0.717, 1.165) is 54.6 Å². The molecule has 0 aromatic heterocycles. The number of urea groups is 1. The van der Waals surface area contributed by atoms with Crippen molar-refractivity contribution in [1.29, 1.82) is 0 Å². The Morgan fingerprint density at radius 2 is 1.93 bits per heavy atom. The molecule has 6 heteroatoms. The average Bonchev–Trinajstić information content (AvgIpc) is 2.87. The van der Waals surface area contributed by atoms with Crippen molar-refractivity contribution in [1.82, 2.24) is 15.5 Å². The standard InChI is InChI=1S/C23H29N3O3/c27-20(24-15-13-17-8-2-1-3-9-17)16-26-21(28)23(25-22(26)29)14-7-6-11-18-10-4-5-12-19(18)23/h4-5,8,10,12H,1-3,6-7,9,11,13-16H2,(H,24,27)(H,25,29). The first kappa shape index (κ1) is 19.7. The van der Waals surface area contributed by atoms with Gasteiger partial charge in [0, 0.05) is 6.54 Å². The largest absolute Gasteiger partial charge is 0.354 e. The number of aryl methyl sites for hydroxylation is 1. The van der Waals surface area contributed by atoms with E-state index in [0.29, 0.717) is 13.0 Å². The highest BCUT2D eigenvalue weighted by Crippen LogP contribution is 2.38. The molecule has 2 N–H and O–H groups in total. The number of benzene rings is 1. The van der Waals surface area contributed by atoms with Crippen molar-refractivity contribution in [2.75, 3.05) is 13.1 Å². The summed E-state index contributed by atoms with van der Waals surface area (Å²) in [4.78, 5) is 39.5. The molecule has 1 unspecified atom stereocenters. The number of nitrogens with one attached hydrogen (secondary N) is 2. The molecule has 0 radical (unpaired) electrons. The van der Waals surface area contributed by atoms with Crippen LogP contribution < -0.4 is 10.6 Å². The molecule has 1 spiro atoms. The molecule has 1 aromatic carbocycles. The number of allylic oxidation sites excluding steroid dienone is 1. The van der Waals surface area contributed by atoms with Crippen molar-refractivity contribution in [2.45, 2.75) is 63.3 Å². The highest BCUT2D eigenvalue weighted by molar-refractivity contribution is 6.09. The second kappa shape index (κ2) is 8.39. The molecule has 0 bridgehead atoms. The van der Waals surface area contributed by atoms with E-state index in [2.05, 4.69) is 16.7 Å². The second-order valence-corrected chi connectivity index (χ2v) is 8.30. The lowest BCUT2D eigenvalue weighted by molar-refractivity contribution is -0.135. The van der Waals surface area contributed by atoms with Crippen molar-refractivity contribution in [3.8, 4) is 0 Å². The summed E-state index contributed by atoms with van der Waals surface area (Å²) in [5.74, 6) is -0.592. The Bertz CT molecular complexity index is 848. The van der Waals surface area contributed by atoms with Crippen LogP contribution in [0.1, 0.15) is 62.5 Å². The summed E-state index contributed by atoms with van der Waals surface area (Å²) < 4.78 is 0. The minimum absolute atomic E-state index is 0.229. The number of carbonyl (C=O) groups excluding carboxylic acids is 3. The predicted molar refractivity (Wildman–Crippen MR) is 110 cm³/mol. The van der Waals surface area contributed by atoms with Gasteiger partial charge in [0.2, 0.25) is 5.91 Å². The highest BCUT2D eigenvalue weighted by atomic mass is 16.2. The number of hydrogen-bond acceptors (Lipinski definition) is 3. The van der Waals surface area contributed by atoms with Crippen LogP contribution in [0.5, 0.6) is 0 Å². The van der Waals surface area contributed by atoms with Gasteiger partial charge in [-0.15, -0.1) is 0 Å². The van der Waals surface area contributed by atoms with Crippen LogP contribution in [0.25, 0.3) is 0 Å². The molecule has 6 nitrogen and oxygen atoms in total. The van der Waals surface area contributed by atoms with Gasteiger partial charge in [0.25, 0.3) is 5.91 Å². The lowest BCUT2D eigenvalue weighted by Gasteiger charge is -2.27. The van der Waals surface area contributed by atoms with Gasteiger partial charge in [0.15, 0.2) is 0 Å². The number of nitrogens with zero attached hydrogens (tertiary/aromatic N) is 1. The predicted octanol–water partition coefficient (Wildman–Crippen LogP) is 3.17. The van der Waals surface area contributed by atoms with Gasteiger partial charge < -0.3 is 10.6 Å². The lowest BCUT2D eigenvalue weighted by Crippen LogP contribution is -2.45. The second-order valence-electron chi connectivity index (χ2n) is 8.30. The first-order valence-electron chi connectivity index (χ1n) is 10.8. The average molecular weight is 396 g/mol. The maximum absolute atomic E-state index is 13.3. The lowest BCUT2D eigenvalue weighted by atomic mass is 9.84. The molecule has 1 aliphatic heterocycles. The first-order chi connectivity index (χ1) is 14.1. The Kier molecular flexibility index (Phi) is 5.69. The smallest absolute Gasteiger partial charge is 0.325 e. The molecule has 2 aliphatic carbocycles. The van der Waals surface area contributed by atoms with E-state index in [9.17, 15) is 14.4 Å². The van der Waals surface area contributed by atoms with Gasteiger partial charge in [0.1, 0.15) is 12.1 Å². The molecule has 0 saturated carbocycles. The molecule has 1 heterocycles. The third kappa shape index (κ3) is 3.93. The normalized spacial score (nSPS) is 24.0. The van der Waals surface area contributed by atoms with E-state index in [1.54, 1.807) is 0 Å². The maximum Gasteiger partial charge on any atom is 0.325 e. The highest BCUT2D eigenvalue weighted by Gasteiger charge is 2.53. The molecule has 1 fully saturated rings. The third-order valence-electron chi connectivity index (χ3n) is 6.36. The number of carbonyl (C=O) groups is 3. The molecule has 1 saturated heterocycles. The summed E-state index contributed by atoms with van der Waals surface area (Å²) in [7, 11) is 0. The van der Waals surface area contributed by atoms with Crippen LogP contribution in [0.15, 0.2) is 35.9 Å². The Morgan fingerprint density at radius 1 is 1.10 bits per heavy atom. The van der Waals surface area contributed by atoms with Crippen LogP contribution in [0, 0.1) is 0 Å². The number of amides is 4. The van der Waals surface area contributed by atoms with Crippen LogP contribution >= 0.6 is 0 Å². The summed E-state index contributed by atoms with van der Waals surface area (Å²) in [5.41, 5.74) is 2.34. The van der Waals surface area contributed by atoms with E-state index in [-0.39, 0.29) is 18.4 Å². The number of imide groups is 1. The summed E-state index contributed by atoms with van der Waals surface area (Å²) in [6, 6.07) is 7.35. The van der Waals surface area contributed by atoms with Crippen molar-refractivity contribution < 1.29 is 14.4 Å².